The Morgan fingerprint density at radius 2 is 2.07 bits per heavy atom. The van der Waals surface area contributed by atoms with E-state index in [1.54, 1.807) is 18.3 Å². The number of thiophene rings is 1. The maximum absolute atomic E-state index is 12.4. The molecule has 1 aliphatic heterocycles. The third kappa shape index (κ3) is 7.14. The van der Waals surface area contributed by atoms with Gasteiger partial charge in [-0.15, -0.1) is 11.3 Å². The van der Waals surface area contributed by atoms with E-state index in [0.29, 0.717) is 32.2 Å². The summed E-state index contributed by atoms with van der Waals surface area (Å²) in [7, 11) is 0. The van der Waals surface area contributed by atoms with E-state index in [2.05, 4.69) is 35.9 Å². The zero-order valence-electron chi connectivity index (χ0n) is 17.0. The Morgan fingerprint density at radius 1 is 1.29 bits per heavy atom. The molecule has 156 valence electrons. The lowest BCUT2D eigenvalue weighted by Gasteiger charge is -2.27. The van der Waals surface area contributed by atoms with Crippen LogP contribution in [0.4, 0.5) is 4.79 Å². The number of ether oxygens (including phenoxy) is 1. The van der Waals surface area contributed by atoms with E-state index < -0.39 is 6.09 Å². The second-order valence-electron chi connectivity index (χ2n) is 7.43. The normalized spacial score (nSPS) is 14.4. The number of carbonyl (C=O) groups is 3. The number of hydrogen-bond acceptors (Lipinski definition) is 5. The van der Waals surface area contributed by atoms with Crippen molar-refractivity contribution in [2.45, 2.75) is 59.0 Å². The average molecular weight is 410 g/mol. The Hall–Kier alpha value is -2.09. The van der Waals surface area contributed by atoms with Crippen molar-refractivity contribution < 1.29 is 19.1 Å². The Labute approximate surface area is 170 Å². The van der Waals surface area contributed by atoms with Gasteiger partial charge in [0, 0.05) is 43.4 Å². The summed E-state index contributed by atoms with van der Waals surface area (Å²) in [5.74, 6) is 0.197. The molecular formula is C20H31N3O4S. The van der Waals surface area contributed by atoms with Crippen molar-refractivity contribution >= 4 is 29.2 Å². The summed E-state index contributed by atoms with van der Waals surface area (Å²) in [5.41, 5.74) is 1.22. The topological polar surface area (TPSA) is 87.7 Å². The van der Waals surface area contributed by atoms with Gasteiger partial charge in [0.1, 0.15) is 0 Å². The van der Waals surface area contributed by atoms with Gasteiger partial charge in [0.2, 0.25) is 11.8 Å². The van der Waals surface area contributed by atoms with Gasteiger partial charge in [-0.05, 0) is 42.7 Å². The van der Waals surface area contributed by atoms with Crippen LogP contribution in [0.15, 0.2) is 11.4 Å². The number of hydrogen-bond donors (Lipinski definition) is 2. The predicted octanol–water partition coefficient (Wildman–Crippen LogP) is 2.69. The van der Waals surface area contributed by atoms with Gasteiger partial charge in [0.05, 0.1) is 6.61 Å². The summed E-state index contributed by atoms with van der Waals surface area (Å²) >= 11 is 1.74. The molecule has 1 atom stereocenters. The summed E-state index contributed by atoms with van der Waals surface area (Å²) in [6, 6.07) is 1.87. The Morgan fingerprint density at radius 3 is 2.79 bits per heavy atom. The Bertz CT molecular complexity index is 674. The third-order valence-electron chi connectivity index (χ3n) is 4.63. The number of nitrogens with one attached hydrogen (secondary N) is 2. The summed E-state index contributed by atoms with van der Waals surface area (Å²) in [6.45, 7) is 7.84. The molecule has 7 nitrogen and oxygen atoms in total. The van der Waals surface area contributed by atoms with Gasteiger partial charge in [-0.1, -0.05) is 13.8 Å². The number of fused-ring (bicyclic) bond motifs is 1. The van der Waals surface area contributed by atoms with Crippen LogP contribution in [0.2, 0.25) is 0 Å². The van der Waals surface area contributed by atoms with Crippen molar-refractivity contribution in [3.63, 3.8) is 0 Å². The van der Waals surface area contributed by atoms with Gasteiger partial charge in [0.25, 0.3) is 0 Å². The first-order valence-electron chi connectivity index (χ1n) is 9.92. The number of carbonyl (C=O) groups excluding carboxylic acids is 3. The molecule has 0 saturated heterocycles. The van der Waals surface area contributed by atoms with Crippen LogP contribution in [0.25, 0.3) is 0 Å². The summed E-state index contributed by atoms with van der Waals surface area (Å²) < 4.78 is 4.91. The fourth-order valence-corrected chi connectivity index (χ4v) is 4.16. The van der Waals surface area contributed by atoms with E-state index in [0.717, 1.165) is 12.8 Å². The lowest BCUT2D eigenvalue weighted by Crippen LogP contribution is -2.44. The fourth-order valence-electron chi connectivity index (χ4n) is 3.27. The molecule has 0 aromatic carbocycles. The maximum atomic E-state index is 12.4. The largest absolute Gasteiger partial charge is 0.450 e. The van der Waals surface area contributed by atoms with Crippen molar-refractivity contribution in [2.24, 2.45) is 5.92 Å². The first-order valence-corrected chi connectivity index (χ1v) is 10.8. The fraction of sp³-hybridized carbons (Fsp3) is 0.650. The van der Waals surface area contributed by atoms with Crippen molar-refractivity contribution in [3.8, 4) is 0 Å². The smallest absolute Gasteiger partial charge is 0.407 e. The Balaban J connectivity index is 1.73. The van der Waals surface area contributed by atoms with Gasteiger partial charge < -0.3 is 20.3 Å². The quantitative estimate of drug-likeness (QED) is 0.656. The highest BCUT2D eigenvalue weighted by molar-refractivity contribution is 7.10. The van der Waals surface area contributed by atoms with Crippen LogP contribution in [0.3, 0.4) is 0 Å². The van der Waals surface area contributed by atoms with Crippen molar-refractivity contribution in [3.05, 3.63) is 21.9 Å². The lowest BCUT2D eigenvalue weighted by molar-refractivity contribution is -0.134. The standard InChI is InChI=1S/C20H31N3O4S/c1-4-27-20(26)22-16(11-14(2)3)12-21-18(24)5-6-19(25)23-9-7-17-15(13-23)8-10-28-17/h8,10,14,16H,4-7,9,11-13H2,1-3H3,(H,21,24)(H,22,26). The van der Waals surface area contributed by atoms with Crippen molar-refractivity contribution in [2.75, 3.05) is 19.7 Å². The maximum Gasteiger partial charge on any atom is 0.407 e. The highest BCUT2D eigenvalue weighted by atomic mass is 32.1. The molecule has 0 saturated carbocycles. The van der Waals surface area contributed by atoms with Crippen LogP contribution < -0.4 is 10.6 Å². The van der Waals surface area contributed by atoms with Gasteiger partial charge >= 0.3 is 6.09 Å². The lowest BCUT2D eigenvalue weighted by atomic mass is 10.0. The molecule has 2 rings (SSSR count). The molecule has 2 N–H and O–H groups in total. The van der Waals surface area contributed by atoms with Crippen LogP contribution in [-0.2, 0) is 27.3 Å². The molecule has 8 heteroatoms. The molecule has 3 amide bonds. The number of amides is 3. The minimum Gasteiger partial charge on any atom is -0.450 e. The third-order valence-corrected chi connectivity index (χ3v) is 5.65. The summed E-state index contributed by atoms with van der Waals surface area (Å²) in [5, 5.41) is 7.66. The van der Waals surface area contributed by atoms with E-state index in [1.807, 2.05) is 4.90 Å². The van der Waals surface area contributed by atoms with Gasteiger partial charge in [-0.2, -0.15) is 0 Å². The van der Waals surface area contributed by atoms with Crippen LogP contribution in [0.1, 0.15) is 50.5 Å². The second kappa shape index (κ2) is 11.0. The van der Waals surface area contributed by atoms with Crippen LogP contribution in [0.5, 0.6) is 0 Å². The molecule has 0 radical (unpaired) electrons. The van der Waals surface area contributed by atoms with Crippen LogP contribution in [0, 0.1) is 5.92 Å². The SMILES string of the molecule is CCOC(=O)NC(CNC(=O)CCC(=O)N1CCc2sccc2C1)CC(C)C. The van der Waals surface area contributed by atoms with Crippen molar-refractivity contribution in [1.29, 1.82) is 0 Å². The van der Waals surface area contributed by atoms with E-state index in [-0.39, 0.29) is 30.7 Å². The van der Waals surface area contributed by atoms with Crippen LogP contribution in [-0.4, -0.2) is 48.5 Å². The van der Waals surface area contributed by atoms with Crippen molar-refractivity contribution in [1.82, 2.24) is 15.5 Å². The number of alkyl carbamates (subject to hydrolysis) is 1. The zero-order chi connectivity index (χ0) is 20.5. The second-order valence-corrected chi connectivity index (χ2v) is 8.43. The monoisotopic (exact) mass is 409 g/mol. The van der Waals surface area contributed by atoms with E-state index in [9.17, 15) is 14.4 Å². The van der Waals surface area contributed by atoms with E-state index in [4.69, 9.17) is 4.74 Å². The molecule has 0 fully saturated rings. The zero-order valence-corrected chi connectivity index (χ0v) is 17.8. The molecule has 28 heavy (non-hydrogen) atoms. The minimum atomic E-state index is -0.476. The molecule has 1 unspecified atom stereocenters. The average Bonchev–Trinajstić information content (AvgIpc) is 3.11. The molecule has 1 aromatic rings. The highest BCUT2D eigenvalue weighted by Gasteiger charge is 2.22. The molecule has 0 aliphatic carbocycles. The number of nitrogens with zero attached hydrogens (tertiary/aromatic N) is 1. The number of rotatable bonds is 9. The first-order chi connectivity index (χ1) is 13.4. The summed E-state index contributed by atoms with van der Waals surface area (Å²) in [4.78, 5) is 39.4. The van der Waals surface area contributed by atoms with E-state index in [1.165, 1.54) is 10.4 Å². The van der Waals surface area contributed by atoms with Gasteiger partial charge in [-0.25, -0.2) is 4.79 Å². The van der Waals surface area contributed by atoms with Gasteiger partial charge in [0.15, 0.2) is 0 Å². The highest BCUT2D eigenvalue weighted by Crippen LogP contribution is 2.24. The molecule has 1 aromatic heterocycles. The molecule has 2 heterocycles. The minimum absolute atomic E-state index is 0.00961. The van der Waals surface area contributed by atoms with Crippen LogP contribution >= 0.6 is 11.3 Å². The van der Waals surface area contributed by atoms with E-state index >= 15 is 0 Å². The predicted molar refractivity (Wildman–Crippen MR) is 109 cm³/mol. The molecule has 0 bridgehead atoms. The van der Waals surface area contributed by atoms with Gasteiger partial charge in [-0.3, -0.25) is 9.59 Å². The molecular weight excluding hydrogens is 378 g/mol. The Kier molecular flexibility index (Phi) is 8.76. The molecule has 0 spiro atoms. The summed E-state index contributed by atoms with van der Waals surface area (Å²) in [6.07, 6.45) is 1.50. The molecule has 1 aliphatic rings. The first kappa shape index (κ1) is 22.2.